The number of halogens is 1. The Bertz CT molecular complexity index is 862. The summed E-state index contributed by atoms with van der Waals surface area (Å²) in [5.74, 6) is 0.744. The molecule has 1 aromatic heterocycles. The highest BCUT2D eigenvalue weighted by Crippen LogP contribution is 2.24. The average Bonchev–Trinajstić information content (AvgIpc) is 3.11. The number of carbonyl (C=O) groups excluding carboxylic acids is 1. The maximum absolute atomic E-state index is 12.2. The molecule has 0 atom stereocenters. The van der Waals surface area contributed by atoms with Crippen molar-refractivity contribution in [3.05, 3.63) is 69.0 Å². The van der Waals surface area contributed by atoms with Gasteiger partial charge < -0.3 is 10.1 Å². The van der Waals surface area contributed by atoms with Crippen molar-refractivity contribution in [2.45, 2.75) is 6.42 Å². The molecule has 0 radical (unpaired) electrons. The van der Waals surface area contributed by atoms with Crippen molar-refractivity contribution in [1.82, 2.24) is 10.3 Å². The van der Waals surface area contributed by atoms with Gasteiger partial charge in [0.15, 0.2) is 0 Å². The van der Waals surface area contributed by atoms with E-state index in [2.05, 4.69) is 26.2 Å². The molecule has 25 heavy (non-hydrogen) atoms. The first-order valence-corrected chi connectivity index (χ1v) is 9.46. The van der Waals surface area contributed by atoms with E-state index < -0.39 is 0 Å². The molecule has 0 aliphatic rings. The van der Waals surface area contributed by atoms with Crippen molar-refractivity contribution in [2.24, 2.45) is 0 Å². The van der Waals surface area contributed by atoms with Gasteiger partial charge in [-0.25, -0.2) is 4.98 Å². The fraction of sp³-hybridized carbons (Fsp3) is 0.158. The van der Waals surface area contributed by atoms with Crippen molar-refractivity contribution < 1.29 is 9.53 Å². The second-order valence-electron chi connectivity index (χ2n) is 5.34. The molecule has 0 fully saturated rings. The number of benzene rings is 2. The fourth-order valence-corrected chi connectivity index (χ4v) is 3.62. The number of rotatable bonds is 6. The molecule has 0 unspecified atom stereocenters. The van der Waals surface area contributed by atoms with E-state index >= 15 is 0 Å². The Morgan fingerprint density at radius 3 is 2.68 bits per heavy atom. The molecule has 3 rings (SSSR count). The molecule has 128 valence electrons. The SMILES string of the molecule is COc1ccc(-c2csc(CCNC(=O)c3ccccc3Br)n2)cc1. The molecule has 1 heterocycles. The predicted molar refractivity (Wildman–Crippen MR) is 104 cm³/mol. The van der Waals surface area contributed by atoms with Crippen molar-refractivity contribution >= 4 is 33.2 Å². The molecule has 0 spiro atoms. The zero-order valence-corrected chi connectivity index (χ0v) is 16.1. The first kappa shape index (κ1) is 17.6. The van der Waals surface area contributed by atoms with Crippen molar-refractivity contribution in [2.75, 3.05) is 13.7 Å². The second-order valence-corrected chi connectivity index (χ2v) is 7.14. The van der Waals surface area contributed by atoms with Gasteiger partial charge in [0.25, 0.3) is 5.91 Å². The minimum atomic E-state index is -0.0839. The Kier molecular flexibility index (Phi) is 5.83. The van der Waals surface area contributed by atoms with Gasteiger partial charge >= 0.3 is 0 Å². The molecule has 1 N–H and O–H groups in total. The third-order valence-electron chi connectivity index (χ3n) is 3.68. The lowest BCUT2D eigenvalue weighted by Gasteiger charge is -2.05. The molecule has 1 amide bonds. The van der Waals surface area contributed by atoms with E-state index in [-0.39, 0.29) is 5.91 Å². The van der Waals surface area contributed by atoms with E-state index in [1.807, 2.05) is 47.8 Å². The Morgan fingerprint density at radius 2 is 1.96 bits per heavy atom. The normalized spacial score (nSPS) is 10.5. The molecule has 0 aliphatic carbocycles. The van der Waals surface area contributed by atoms with Crippen molar-refractivity contribution in [1.29, 1.82) is 0 Å². The van der Waals surface area contributed by atoms with E-state index in [4.69, 9.17) is 4.74 Å². The minimum absolute atomic E-state index is 0.0839. The van der Waals surface area contributed by atoms with Crippen LogP contribution < -0.4 is 10.1 Å². The zero-order valence-electron chi connectivity index (χ0n) is 13.7. The van der Waals surface area contributed by atoms with E-state index in [9.17, 15) is 4.79 Å². The number of thiazole rings is 1. The summed E-state index contributed by atoms with van der Waals surface area (Å²) in [7, 11) is 1.65. The molecular formula is C19H17BrN2O2S. The van der Waals surface area contributed by atoms with Gasteiger partial charge in [-0.3, -0.25) is 4.79 Å². The van der Waals surface area contributed by atoms with Crippen molar-refractivity contribution in [3.8, 4) is 17.0 Å². The fourth-order valence-electron chi connectivity index (χ4n) is 2.34. The Morgan fingerprint density at radius 1 is 1.20 bits per heavy atom. The highest BCUT2D eigenvalue weighted by molar-refractivity contribution is 9.10. The Labute approximate surface area is 159 Å². The second kappa shape index (κ2) is 8.27. The van der Waals surface area contributed by atoms with Gasteiger partial charge in [-0.1, -0.05) is 12.1 Å². The summed E-state index contributed by atoms with van der Waals surface area (Å²) in [6, 6.07) is 15.2. The summed E-state index contributed by atoms with van der Waals surface area (Å²) in [5.41, 5.74) is 2.64. The number of aromatic nitrogens is 1. The third kappa shape index (κ3) is 4.46. The summed E-state index contributed by atoms with van der Waals surface area (Å²) in [5, 5.41) is 5.97. The first-order chi connectivity index (χ1) is 12.2. The van der Waals surface area contributed by atoms with Crippen LogP contribution in [0.15, 0.2) is 58.4 Å². The number of nitrogens with one attached hydrogen (secondary N) is 1. The van der Waals surface area contributed by atoms with E-state index in [0.29, 0.717) is 18.5 Å². The summed E-state index contributed by atoms with van der Waals surface area (Å²) >= 11 is 5.00. The predicted octanol–water partition coefficient (Wildman–Crippen LogP) is 4.55. The van der Waals surface area contributed by atoms with Gasteiger partial charge in [-0.15, -0.1) is 11.3 Å². The van der Waals surface area contributed by atoms with Crippen LogP contribution in [0.1, 0.15) is 15.4 Å². The number of nitrogens with zero attached hydrogens (tertiary/aromatic N) is 1. The lowest BCUT2D eigenvalue weighted by Crippen LogP contribution is -2.25. The largest absolute Gasteiger partial charge is 0.497 e. The quantitative estimate of drug-likeness (QED) is 0.640. The van der Waals surface area contributed by atoms with Crippen LogP contribution in [-0.4, -0.2) is 24.5 Å². The van der Waals surface area contributed by atoms with Gasteiger partial charge in [0.05, 0.1) is 23.4 Å². The number of hydrogen-bond acceptors (Lipinski definition) is 4. The van der Waals surface area contributed by atoms with Crippen LogP contribution in [0.25, 0.3) is 11.3 Å². The summed E-state index contributed by atoms with van der Waals surface area (Å²) in [6.07, 6.45) is 0.705. The molecular weight excluding hydrogens is 400 g/mol. The van der Waals surface area contributed by atoms with Gasteiger partial charge in [0.1, 0.15) is 5.75 Å². The molecule has 3 aromatic rings. The summed E-state index contributed by atoms with van der Waals surface area (Å²) < 4.78 is 5.96. The minimum Gasteiger partial charge on any atom is -0.497 e. The highest BCUT2D eigenvalue weighted by Gasteiger charge is 2.09. The maximum Gasteiger partial charge on any atom is 0.252 e. The topological polar surface area (TPSA) is 51.2 Å². The van der Waals surface area contributed by atoms with Crippen molar-refractivity contribution in [3.63, 3.8) is 0 Å². The lowest BCUT2D eigenvalue weighted by molar-refractivity contribution is 0.0953. The smallest absolute Gasteiger partial charge is 0.252 e. The first-order valence-electron chi connectivity index (χ1n) is 7.79. The molecule has 2 aromatic carbocycles. The molecule has 0 saturated heterocycles. The van der Waals surface area contributed by atoms with E-state index in [0.717, 1.165) is 26.5 Å². The van der Waals surface area contributed by atoms with Crippen LogP contribution in [0.3, 0.4) is 0 Å². The standard InChI is InChI=1S/C19H17BrN2O2S/c1-24-14-8-6-13(7-9-14)17-12-25-18(22-17)10-11-21-19(23)15-4-2-3-5-16(15)20/h2-9,12H,10-11H2,1H3,(H,21,23). The summed E-state index contributed by atoms with van der Waals surface area (Å²) in [4.78, 5) is 16.8. The number of amides is 1. The van der Waals surface area contributed by atoms with Gasteiger partial charge in [0, 0.05) is 28.4 Å². The van der Waals surface area contributed by atoms with Crippen LogP contribution in [0, 0.1) is 0 Å². The third-order valence-corrected chi connectivity index (χ3v) is 5.28. The number of methoxy groups -OCH3 is 1. The van der Waals surface area contributed by atoms with E-state index in [1.165, 1.54) is 0 Å². The zero-order chi connectivity index (χ0) is 17.6. The molecule has 0 saturated carbocycles. The van der Waals surface area contributed by atoms with Crippen LogP contribution in [0.4, 0.5) is 0 Å². The van der Waals surface area contributed by atoms with Crippen LogP contribution in [-0.2, 0) is 6.42 Å². The highest BCUT2D eigenvalue weighted by atomic mass is 79.9. The molecule has 0 aliphatic heterocycles. The average molecular weight is 417 g/mol. The Hall–Kier alpha value is -2.18. The van der Waals surface area contributed by atoms with Gasteiger partial charge in [-0.2, -0.15) is 0 Å². The molecule has 4 nitrogen and oxygen atoms in total. The lowest BCUT2D eigenvalue weighted by atomic mass is 10.2. The van der Waals surface area contributed by atoms with Gasteiger partial charge in [-0.05, 0) is 52.3 Å². The van der Waals surface area contributed by atoms with Crippen LogP contribution in [0.2, 0.25) is 0 Å². The maximum atomic E-state index is 12.2. The number of ether oxygens (including phenoxy) is 1. The van der Waals surface area contributed by atoms with Crippen LogP contribution in [0.5, 0.6) is 5.75 Å². The number of hydrogen-bond donors (Lipinski definition) is 1. The summed E-state index contributed by atoms with van der Waals surface area (Å²) in [6.45, 7) is 0.551. The molecule has 6 heteroatoms. The van der Waals surface area contributed by atoms with E-state index in [1.54, 1.807) is 24.5 Å². The van der Waals surface area contributed by atoms with Gasteiger partial charge in [0.2, 0.25) is 0 Å². The molecule has 0 bridgehead atoms. The number of carbonyl (C=O) groups is 1. The monoisotopic (exact) mass is 416 g/mol. The Balaban J connectivity index is 1.56. The van der Waals surface area contributed by atoms with Crippen LogP contribution >= 0.6 is 27.3 Å².